The van der Waals surface area contributed by atoms with Crippen molar-refractivity contribution in [3.05, 3.63) is 42.2 Å². The normalized spacial score (nSPS) is 23.5. The van der Waals surface area contributed by atoms with E-state index in [9.17, 15) is 9.59 Å². The van der Waals surface area contributed by atoms with E-state index in [-0.39, 0.29) is 11.8 Å². The van der Waals surface area contributed by atoms with Crippen LogP contribution in [0.4, 0.5) is 0 Å². The van der Waals surface area contributed by atoms with Crippen LogP contribution in [0.25, 0.3) is 11.4 Å². The van der Waals surface area contributed by atoms with E-state index >= 15 is 0 Å². The maximum Gasteiger partial charge on any atom is 0.255 e. The molecule has 0 radical (unpaired) electrons. The number of aromatic amines is 1. The first-order chi connectivity index (χ1) is 11.7. The van der Waals surface area contributed by atoms with Gasteiger partial charge in [-0.05, 0) is 31.7 Å². The summed E-state index contributed by atoms with van der Waals surface area (Å²) in [5.41, 5.74) is 0.684. The Morgan fingerprint density at radius 2 is 2.04 bits per heavy atom. The first-order valence-corrected chi connectivity index (χ1v) is 8.41. The Kier molecular flexibility index (Phi) is 3.59. The van der Waals surface area contributed by atoms with Crippen molar-refractivity contribution >= 4 is 11.8 Å². The molecule has 2 saturated heterocycles. The zero-order valence-corrected chi connectivity index (χ0v) is 13.4. The SMILES string of the molecule is O=C(c1ccccc1-c1ncc[nH]1)N1CCCC12CCCNC2=O. The average molecular weight is 324 g/mol. The first-order valence-electron chi connectivity index (χ1n) is 8.41. The van der Waals surface area contributed by atoms with Gasteiger partial charge in [0.15, 0.2) is 0 Å². The number of H-pyrrole nitrogens is 1. The number of rotatable bonds is 2. The number of imidazole rings is 1. The number of nitrogens with one attached hydrogen (secondary N) is 2. The molecule has 1 aromatic heterocycles. The lowest BCUT2D eigenvalue weighted by Crippen LogP contribution is -2.60. The molecule has 0 aliphatic carbocycles. The van der Waals surface area contributed by atoms with Gasteiger partial charge in [-0.2, -0.15) is 0 Å². The van der Waals surface area contributed by atoms with Gasteiger partial charge in [-0.3, -0.25) is 9.59 Å². The third-order valence-corrected chi connectivity index (χ3v) is 5.12. The van der Waals surface area contributed by atoms with Gasteiger partial charge in [0.1, 0.15) is 11.4 Å². The predicted octanol–water partition coefficient (Wildman–Crippen LogP) is 1.96. The van der Waals surface area contributed by atoms with Gasteiger partial charge in [0.25, 0.3) is 5.91 Å². The van der Waals surface area contributed by atoms with E-state index in [0.29, 0.717) is 24.5 Å². The average Bonchev–Trinajstić information content (AvgIpc) is 3.28. The van der Waals surface area contributed by atoms with E-state index in [0.717, 1.165) is 31.2 Å². The van der Waals surface area contributed by atoms with Crippen LogP contribution in [0.5, 0.6) is 0 Å². The Morgan fingerprint density at radius 3 is 2.83 bits per heavy atom. The highest BCUT2D eigenvalue weighted by molar-refractivity contribution is 6.03. The highest BCUT2D eigenvalue weighted by Crippen LogP contribution is 2.37. The van der Waals surface area contributed by atoms with Crippen molar-refractivity contribution in [2.45, 2.75) is 31.2 Å². The number of likely N-dealkylation sites (tertiary alicyclic amines) is 1. The van der Waals surface area contributed by atoms with Gasteiger partial charge in [0.2, 0.25) is 5.91 Å². The molecule has 24 heavy (non-hydrogen) atoms. The summed E-state index contributed by atoms with van der Waals surface area (Å²) < 4.78 is 0. The second kappa shape index (κ2) is 5.78. The van der Waals surface area contributed by atoms with Crippen molar-refractivity contribution in [3.8, 4) is 11.4 Å². The van der Waals surface area contributed by atoms with Crippen LogP contribution in [0.2, 0.25) is 0 Å². The Morgan fingerprint density at radius 1 is 1.21 bits per heavy atom. The van der Waals surface area contributed by atoms with Gasteiger partial charge < -0.3 is 15.2 Å². The van der Waals surface area contributed by atoms with Crippen LogP contribution in [0.1, 0.15) is 36.0 Å². The topological polar surface area (TPSA) is 78.1 Å². The Hall–Kier alpha value is -2.63. The summed E-state index contributed by atoms with van der Waals surface area (Å²) in [6.45, 7) is 1.32. The number of aromatic nitrogens is 2. The molecular formula is C18H20N4O2. The number of carbonyl (C=O) groups excluding carboxylic acids is 2. The minimum Gasteiger partial charge on any atom is -0.354 e. The molecule has 2 amide bonds. The van der Waals surface area contributed by atoms with E-state index < -0.39 is 5.54 Å². The van der Waals surface area contributed by atoms with E-state index in [4.69, 9.17) is 0 Å². The highest BCUT2D eigenvalue weighted by Gasteiger charge is 2.50. The molecule has 0 bridgehead atoms. The van der Waals surface area contributed by atoms with Crippen LogP contribution in [-0.4, -0.2) is 45.3 Å². The quantitative estimate of drug-likeness (QED) is 0.886. The molecule has 124 valence electrons. The lowest BCUT2D eigenvalue weighted by atomic mass is 9.86. The molecule has 6 nitrogen and oxygen atoms in total. The lowest BCUT2D eigenvalue weighted by molar-refractivity contribution is -0.133. The summed E-state index contributed by atoms with van der Waals surface area (Å²) in [4.78, 5) is 34.9. The molecule has 4 rings (SSSR count). The van der Waals surface area contributed by atoms with E-state index in [2.05, 4.69) is 15.3 Å². The number of nitrogens with zero attached hydrogens (tertiary/aromatic N) is 2. The predicted molar refractivity (Wildman–Crippen MR) is 89.3 cm³/mol. The summed E-state index contributed by atoms with van der Waals surface area (Å²) >= 11 is 0. The molecule has 6 heteroatoms. The lowest BCUT2D eigenvalue weighted by Gasteiger charge is -2.40. The summed E-state index contributed by atoms with van der Waals surface area (Å²) in [6, 6.07) is 7.44. The molecule has 0 saturated carbocycles. The van der Waals surface area contributed by atoms with Crippen molar-refractivity contribution in [2.24, 2.45) is 0 Å². The number of hydrogen-bond acceptors (Lipinski definition) is 3. The smallest absolute Gasteiger partial charge is 0.255 e. The van der Waals surface area contributed by atoms with Crippen LogP contribution in [-0.2, 0) is 4.79 Å². The monoisotopic (exact) mass is 324 g/mol. The van der Waals surface area contributed by atoms with Crippen LogP contribution >= 0.6 is 0 Å². The van der Waals surface area contributed by atoms with Gasteiger partial charge in [-0.15, -0.1) is 0 Å². The van der Waals surface area contributed by atoms with Crippen molar-refractivity contribution in [1.29, 1.82) is 0 Å². The molecule has 1 aromatic carbocycles. The molecule has 1 spiro atoms. The molecule has 2 N–H and O–H groups in total. The van der Waals surface area contributed by atoms with Crippen LogP contribution in [0.15, 0.2) is 36.7 Å². The molecular weight excluding hydrogens is 304 g/mol. The molecule has 2 aliphatic rings. The first kappa shape index (κ1) is 14.9. The standard InChI is InChI=1S/C18H20N4O2/c23-16(14-6-2-1-5-13(14)15-19-10-11-20-15)22-12-4-8-18(22)7-3-9-21-17(18)24/h1-2,5-6,10-11H,3-4,7-9,12H2,(H,19,20)(H,21,24). The summed E-state index contributed by atoms with van der Waals surface area (Å²) in [6.07, 6.45) is 6.67. The van der Waals surface area contributed by atoms with Gasteiger partial charge in [-0.25, -0.2) is 4.98 Å². The van der Waals surface area contributed by atoms with Gasteiger partial charge in [0, 0.05) is 31.0 Å². The second-order valence-corrected chi connectivity index (χ2v) is 6.43. The minimum absolute atomic E-state index is 0.00456. The third-order valence-electron chi connectivity index (χ3n) is 5.12. The van der Waals surface area contributed by atoms with Crippen LogP contribution in [0, 0.1) is 0 Å². The maximum absolute atomic E-state index is 13.3. The van der Waals surface area contributed by atoms with Crippen molar-refractivity contribution in [2.75, 3.05) is 13.1 Å². The van der Waals surface area contributed by atoms with Crippen molar-refractivity contribution < 1.29 is 9.59 Å². The largest absolute Gasteiger partial charge is 0.354 e. The molecule has 2 fully saturated rings. The maximum atomic E-state index is 13.3. The number of carbonyl (C=O) groups is 2. The van der Waals surface area contributed by atoms with Gasteiger partial charge in [0.05, 0.1) is 5.56 Å². The summed E-state index contributed by atoms with van der Waals surface area (Å²) in [5.74, 6) is 0.576. The van der Waals surface area contributed by atoms with E-state index in [1.54, 1.807) is 17.3 Å². The number of hydrogen-bond donors (Lipinski definition) is 2. The molecule has 2 aliphatic heterocycles. The highest BCUT2D eigenvalue weighted by atomic mass is 16.2. The number of benzene rings is 1. The molecule has 3 heterocycles. The second-order valence-electron chi connectivity index (χ2n) is 6.43. The Labute approximate surface area is 140 Å². The number of amides is 2. The Balaban J connectivity index is 1.73. The van der Waals surface area contributed by atoms with Crippen LogP contribution < -0.4 is 5.32 Å². The fourth-order valence-corrected chi connectivity index (χ4v) is 3.97. The third kappa shape index (κ3) is 2.21. The Bertz CT molecular complexity index is 771. The zero-order valence-electron chi connectivity index (χ0n) is 13.4. The molecule has 2 aromatic rings. The van der Waals surface area contributed by atoms with Crippen molar-refractivity contribution in [1.82, 2.24) is 20.2 Å². The summed E-state index contributed by atoms with van der Waals surface area (Å²) in [5, 5.41) is 2.94. The van der Waals surface area contributed by atoms with Crippen LogP contribution in [0.3, 0.4) is 0 Å². The number of piperidine rings is 1. The van der Waals surface area contributed by atoms with Gasteiger partial charge in [-0.1, -0.05) is 18.2 Å². The zero-order chi connectivity index (χ0) is 16.6. The molecule has 1 unspecified atom stereocenters. The molecule has 1 atom stereocenters. The fourth-order valence-electron chi connectivity index (χ4n) is 3.97. The van der Waals surface area contributed by atoms with Crippen molar-refractivity contribution in [3.63, 3.8) is 0 Å². The summed E-state index contributed by atoms with van der Waals surface area (Å²) in [7, 11) is 0. The van der Waals surface area contributed by atoms with E-state index in [1.165, 1.54) is 0 Å². The minimum atomic E-state index is -0.675. The van der Waals surface area contributed by atoms with Gasteiger partial charge >= 0.3 is 0 Å². The van der Waals surface area contributed by atoms with E-state index in [1.807, 2.05) is 24.3 Å². The fraction of sp³-hybridized carbons (Fsp3) is 0.389.